The molecule has 0 spiro atoms. The van der Waals surface area contributed by atoms with Crippen LogP contribution in [0.1, 0.15) is 44.5 Å². The number of halogens is 1. The Bertz CT molecular complexity index is 936. The number of ether oxygens (including phenoxy) is 1. The molecule has 146 valence electrons. The molecule has 3 rings (SSSR count). The second-order valence-corrected chi connectivity index (χ2v) is 8.54. The third-order valence-corrected chi connectivity index (χ3v) is 5.25. The van der Waals surface area contributed by atoms with E-state index in [9.17, 15) is 4.39 Å². The summed E-state index contributed by atoms with van der Waals surface area (Å²) in [5.74, 6) is 0.878. The lowest BCUT2D eigenvalue weighted by Gasteiger charge is -2.19. The largest absolute Gasteiger partial charge is 0.436 e. The molecule has 5 heteroatoms. The lowest BCUT2D eigenvalue weighted by Crippen LogP contribution is -2.10. The van der Waals surface area contributed by atoms with E-state index in [4.69, 9.17) is 4.74 Å². The summed E-state index contributed by atoms with van der Waals surface area (Å²) in [5, 5.41) is 0.630. The van der Waals surface area contributed by atoms with Crippen LogP contribution in [0.5, 0.6) is 11.6 Å². The molecule has 0 atom stereocenters. The number of nitrogens with zero attached hydrogens (tertiary/aromatic N) is 2. The number of rotatable bonds is 6. The van der Waals surface area contributed by atoms with E-state index in [0.717, 1.165) is 17.9 Å². The van der Waals surface area contributed by atoms with Crippen molar-refractivity contribution < 1.29 is 9.13 Å². The fraction of sp³-hybridized carbons (Fsp3) is 0.304. The molecule has 1 heterocycles. The average Bonchev–Trinajstić information content (AvgIpc) is 2.67. The lowest BCUT2D eigenvalue weighted by molar-refractivity contribution is 0.421. The number of thioether (sulfide) groups is 1. The zero-order valence-electron chi connectivity index (χ0n) is 16.7. The van der Waals surface area contributed by atoms with Gasteiger partial charge in [0.25, 0.3) is 0 Å². The zero-order valence-corrected chi connectivity index (χ0v) is 17.5. The first-order valence-corrected chi connectivity index (χ1v) is 10.4. The molecule has 0 radical (unpaired) electrons. The van der Waals surface area contributed by atoms with Crippen molar-refractivity contribution in [3.8, 4) is 11.6 Å². The van der Waals surface area contributed by atoms with Crippen molar-refractivity contribution >= 4 is 11.8 Å². The van der Waals surface area contributed by atoms with E-state index in [2.05, 4.69) is 55.0 Å². The Hall–Kier alpha value is -2.40. The summed E-state index contributed by atoms with van der Waals surface area (Å²) >= 11 is 1.55. The van der Waals surface area contributed by atoms with Crippen LogP contribution in [0.3, 0.4) is 0 Å². The number of benzene rings is 2. The fourth-order valence-electron chi connectivity index (χ4n) is 2.64. The minimum atomic E-state index is -0.410. The Morgan fingerprint density at radius 2 is 1.71 bits per heavy atom. The topological polar surface area (TPSA) is 35.0 Å². The summed E-state index contributed by atoms with van der Waals surface area (Å²) < 4.78 is 19.5. The van der Waals surface area contributed by atoms with Crippen molar-refractivity contribution in [2.45, 2.75) is 50.4 Å². The maximum atomic E-state index is 13.9. The molecule has 0 aliphatic heterocycles. The van der Waals surface area contributed by atoms with E-state index in [1.54, 1.807) is 36.0 Å². The second kappa shape index (κ2) is 8.74. The SMILES string of the molecule is CCc1cc(Oc2ccccc2F)nc(SCc2ccc(C(C)(C)C)cc2)n1. The average molecular weight is 397 g/mol. The number of para-hydroxylation sites is 1. The Morgan fingerprint density at radius 3 is 2.36 bits per heavy atom. The predicted molar refractivity (Wildman–Crippen MR) is 113 cm³/mol. The Morgan fingerprint density at radius 1 is 1.00 bits per heavy atom. The summed E-state index contributed by atoms with van der Waals surface area (Å²) in [7, 11) is 0. The number of aromatic nitrogens is 2. The maximum Gasteiger partial charge on any atom is 0.223 e. The van der Waals surface area contributed by atoms with E-state index < -0.39 is 5.82 Å². The highest BCUT2D eigenvalue weighted by Gasteiger charge is 2.13. The minimum absolute atomic E-state index is 0.142. The van der Waals surface area contributed by atoms with Gasteiger partial charge in [-0.05, 0) is 35.1 Å². The molecule has 0 amide bonds. The van der Waals surface area contributed by atoms with E-state index in [1.165, 1.54) is 17.2 Å². The van der Waals surface area contributed by atoms with Crippen molar-refractivity contribution in [3.05, 3.63) is 77.2 Å². The second-order valence-electron chi connectivity index (χ2n) is 7.60. The number of aryl methyl sites for hydroxylation is 1. The molecule has 3 aromatic rings. The highest BCUT2D eigenvalue weighted by Crippen LogP contribution is 2.28. The molecular formula is C23H25FN2OS. The van der Waals surface area contributed by atoms with E-state index >= 15 is 0 Å². The van der Waals surface area contributed by atoms with Crippen LogP contribution in [0.2, 0.25) is 0 Å². The molecular weight excluding hydrogens is 371 g/mol. The van der Waals surface area contributed by atoms with Crippen LogP contribution in [-0.4, -0.2) is 9.97 Å². The number of hydrogen-bond donors (Lipinski definition) is 0. The fourth-order valence-corrected chi connectivity index (χ4v) is 3.46. The molecule has 0 saturated carbocycles. The monoisotopic (exact) mass is 396 g/mol. The van der Waals surface area contributed by atoms with Crippen LogP contribution in [0.4, 0.5) is 4.39 Å². The lowest BCUT2D eigenvalue weighted by atomic mass is 9.87. The van der Waals surface area contributed by atoms with Crippen LogP contribution in [-0.2, 0) is 17.6 Å². The highest BCUT2D eigenvalue weighted by molar-refractivity contribution is 7.98. The van der Waals surface area contributed by atoms with Crippen LogP contribution in [0, 0.1) is 5.82 Å². The van der Waals surface area contributed by atoms with E-state index in [-0.39, 0.29) is 11.2 Å². The van der Waals surface area contributed by atoms with Gasteiger partial charge in [0.05, 0.1) is 0 Å². The van der Waals surface area contributed by atoms with Crippen molar-refractivity contribution in [2.75, 3.05) is 0 Å². The quantitative estimate of drug-likeness (QED) is 0.349. The molecule has 28 heavy (non-hydrogen) atoms. The van der Waals surface area contributed by atoms with Gasteiger partial charge in [0, 0.05) is 17.5 Å². The van der Waals surface area contributed by atoms with Gasteiger partial charge in [0.2, 0.25) is 5.88 Å². The van der Waals surface area contributed by atoms with Gasteiger partial charge in [-0.15, -0.1) is 0 Å². The number of hydrogen-bond acceptors (Lipinski definition) is 4. The van der Waals surface area contributed by atoms with Crippen LogP contribution < -0.4 is 4.74 Å². The van der Waals surface area contributed by atoms with Gasteiger partial charge >= 0.3 is 0 Å². The molecule has 0 aliphatic carbocycles. The standard InChI is InChI=1S/C23H25FN2OS/c1-5-18-14-21(27-20-9-7-6-8-19(20)24)26-22(25-18)28-15-16-10-12-17(13-11-16)23(2,3)4/h6-14H,5,15H2,1-4H3. The molecule has 1 aromatic heterocycles. The summed E-state index contributed by atoms with van der Waals surface area (Å²) in [6.07, 6.45) is 0.754. The summed E-state index contributed by atoms with van der Waals surface area (Å²) in [6, 6.07) is 16.7. The molecule has 0 bridgehead atoms. The van der Waals surface area contributed by atoms with Crippen molar-refractivity contribution in [3.63, 3.8) is 0 Å². The molecule has 0 fully saturated rings. The third kappa shape index (κ3) is 5.32. The maximum absolute atomic E-state index is 13.9. The Balaban J connectivity index is 1.74. The van der Waals surface area contributed by atoms with Crippen molar-refractivity contribution in [2.24, 2.45) is 0 Å². The van der Waals surface area contributed by atoms with Gasteiger partial charge < -0.3 is 4.74 Å². The molecule has 3 nitrogen and oxygen atoms in total. The van der Waals surface area contributed by atoms with E-state index in [1.807, 2.05) is 6.92 Å². The van der Waals surface area contributed by atoms with Gasteiger partial charge in [-0.2, -0.15) is 4.98 Å². The van der Waals surface area contributed by atoms with Gasteiger partial charge in [-0.1, -0.05) is 75.9 Å². The van der Waals surface area contributed by atoms with Crippen molar-refractivity contribution in [1.82, 2.24) is 9.97 Å². The van der Waals surface area contributed by atoms with E-state index in [0.29, 0.717) is 11.0 Å². The first kappa shape index (κ1) is 20.3. The third-order valence-electron chi connectivity index (χ3n) is 4.34. The summed E-state index contributed by atoms with van der Waals surface area (Å²) in [6.45, 7) is 8.64. The van der Waals surface area contributed by atoms with Gasteiger partial charge in [0.15, 0.2) is 16.7 Å². The predicted octanol–water partition coefficient (Wildman–Crippen LogP) is 6.56. The molecule has 0 saturated heterocycles. The van der Waals surface area contributed by atoms with Crippen LogP contribution in [0.25, 0.3) is 0 Å². The normalized spacial score (nSPS) is 11.5. The molecule has 0 unspecified atom stereocenters. The van der Waals surface area contributed by atoms with Crippen LogP contribution >= 0.6 is 11.8 Å². The summed E-state index contributed by atoms with van der Waals surface area (Å²) in [4.78, 5) is 9.02. The first-order valence-electron chi connectivity index (χ1n) is 9.37. The molecule has 2 aromatic carbocycles. The smallest absolute Gasteiger partial charge is 0.223 e. The zero-order chi connectivity index (χ0) is 20.1. The Labute approximate surface area is 170 Å². The first-order chi connectivity index (χ1) is 13.3. The van der Waals surface area contributed by atoms with Gasteiger partial charge in [-0.25, -0.2) is 9.37 Å². The Kier molecular flexibility index (Phi) is 6.35. The molecule has 0 aliphatic rings. The van der Waals surface area contributed by atoms with Gasteiger partial charge in [-0.3, -0.25) is 0 Å². The minimum Gasteiger partial charge on any atom is -0.436 e. The van der Waals surface area contributed by atoms with Crippen LogP contribution in [0.15, 0.2) is 59.8 Å². The highest BCUT2D eigenvalue weighted by atomic mass is 32.2. The summed E-state index contributed by atoms with van der Waals surface area (Å²) in [5.41, 5.74) is 3.53. The van der Waals surface area contributed by atoms with Crippen molar-refractivity contribution in [1.29, 1.82) is 0 Å². The molecule has 0 N–H and O–H groups in total. The van der Waals surface area contributed by atoms with Gasteiger partial charge in [0.1, 0.15) is 0 Å².